The molecule has 3 heterocycles. The second kappa shape index (κ2) is 7.04. The fraction of sp³-hybridized carbons (Fsp3) is 0.333. The van der Waals surface area contributed by atoms with E-state index in [-0.39, 0.29) is 17.7 Å². The van der Waals surface area contributed by atoms with Crippen molar-refractivity contribution in [1.82, 2.24) is 9.88 Å². The number of Topliss-reactive ketones (excluding diaryl/α,β-unsaturated/α-hetero) is 1. The van der Waals surface area contributed by atoms with E-state index in [1.165, 1.54) is 11.2 Å². The Kier molecular flexibility index (Phi) is 4.58. The van der Waals surface area contributed by atoms with Crippen LogP contribution >= 0.6 is 0 Å². The van der Waals surface area contributed by atoms with Gasteiger partial charge in [0.1, 0.15) is 6.04 Å². The number of furan rings is 1. The fourth-order valence-electron chi connectivity index (χ4n) is 3.98. The van der Waals surface area contributed by atoms with Crippen LogP contribution in [0.25, 0.3) is 10.9 Å². The van der Waals surface area contributed by atoms with Gasteiger partial charge in [-0.15, -0.1) is 0 Å². The Hall–Kier alpha value is -2.86. The summed E-state index contributed by atoms with van der Waals surface area (Å²) < 4.78 is 5.21. The number of aryl methyl sites for hydroxylation is 1. The zero-order chi connectivity index (χ0) is 19.0. The maximum absolute atomic E-state index is 13.2. The summed E-state index contributed by atoms with van der Waals surface area (Å²) in [6.07, 6.45) is 1.51. The molecule has 1 amide bonds. The summed E-state index contributed by atoms with van der Waals surface area (Å²) in [4.78, 5) is 31.9. The molecule has 0 radical (unpaired) electrons. The van der Waals surface area contributed by atoms with E-state index in [4.69, 9.17) is 4.42 Å². The highest BCUT2D eigenvalue weighted by atomic mass is 16.3. The molecular formula is C21H24N3O3+. The summed E-state index contributed by atoms with van der Waals surface area (Å²) in [5.74, 6) is 0.452. The van der Waals surface area contributed by atoms with Gasteiger partial charge in [0.15, 0.2) is 5.76 Å². The first kappa shape index (κ1) is 17.5. The van der Waals surface area contributed by atoms with E-state index in [0.717, 1.165) is 35.2 Å². The van der Waals surface area contributed by atoms with Gasteiger partial charge in [-0.05, 0) is 32.0 Å². The highest BCUT2D eigenvalue weighted by Crippen LogP contribution is 2.22. The maximum atomic E-state index is 13.2. The normalized spacial score (nSPS) is 16.6. The third-order valence-corrected chi connectivity index (χ3v) is 5.57. The number of benzene rings is 1. The minimum atomic E-state index is -0.149. The second-order valence-corrected chi connectivity index (χ2v) is 7.18. The molecule has 0 unspecified atom stereocenters. The average molecular weight is 366 g/mol. The van der Waals surface area contributed by atoms with Crippen LogP contribution in [0.5, 0.6) is 0 Å². The molecule has 4 rings (SSSR count). The summed E-state index contributed by atoms with van der Waals surface area (Å²) in [5, 5.41) is 0.984. The number of fused-ring (bicyclic) bond motifs is 1. The van der Waals surface area contributed by atoms with Crippen molar-refractivity contribution in [3.63, 3.8) is 0 Å². The molecular weight excluding hydrogens is 342 g/mol. The minimum absolute atomic E-state index is 0.0782. The fourth-order valence-corrected chi connectivity index (χ4v) is 3.98. The van der Waals surface area contributed by atoms with Crippen molar-refractivity contribution >= 4 is 22.6 Å². The number of rotatable bonds is 4. The number of aromatic amines is 1. The number of para-hydroxylation sites is 1. The van der Waals surface area contributed by atoms with Crippen LogP contribution in [0.4, 0.5) is 0 Å². The Morgan fingerprint density at radius 1 is 1.15 bits per heavy atom. The lowest BCUT2D eigenvalue weighted by Gasteiger charge is -2.34. The zero-order valence-corrected chi connectivity index (χ0v) is 15.6. The average Bonchev–Trinajstić information content (AvgIpc) is 3.33. The number of aromatic nitrogens is 1. The molecule has 1 aromatic carbocycles. The SMILES string of the molecule is Cc1[nH]c2ccccc2c1C(=O)[C@@H](C)[NH+]1CCN(C(=O)c2ccco2)CC1. The summed E-state index contributed by atoms with van der Waals surface area (Å²) in [5.41, 5.74) is 2.70. The van der Waals surface area contributed by atoms with Crippen LogP contribution in [-0.2, 0) is 0 Å². The third-order valence-electron chi connectivity index (χ3n) is 5.57. The number of quaternary nitrogens is 1. The Morgan fingerprint density at radius 2 is 1.89 bits per heavy atom. The van der Waals surface area contributed by atoms with Crippen LogP contribution in [0.2, 0.25) is 0 Å². The van der Waals surface area contributed by atoms with Crippen LogP contribution in [0.15, 0.2) is 47.1 Å². The highest BCUT2D eigenvalue weighted by molar-refractivity contribution is 6.10. The first-order chi connectivity index (χ1) is 13.1. The zero-order valence-electron chi connectivity index (χ0n) is 15.6. The van der Waals surface area contributed by atoms with Crippen molar-refractivity contribution in [2.45, 2.75) is 19.9 Å². The number of carbonyl (C=O) groups is 2. The van der Waals surface area contributed by atoms with Gasteiger partial charge in [-0.25, -0.2) is 0 Å². The number of carbonyl (C=O) groups excluding carboxylic acids is 2. The quantitative estimate of drug-likeness (QED) is 0.690. The summed E-state index contributed by atoms with van der Waals surface area (Å²) in [7, 11) is 0. The number of ketones is 1. The Labute approximate surface area is 157 Å². The van der Waals surface area contributed by atoms with Gasteiger partial charge >= 0.3 is 0 Å². The number of nitrogens with zero attached hydrogens (tertiary/aromatic N) is 1. The van der Waals surface area contributed by atoms with E-state index < -0.39 is 0 Å². The Balaban J connectivity index is 1.46. The molecule has 0 bridgehead atoms. The molecule has 0 aliphatic carbocycles. The number of amides is 1. The molecule has 1 aliphatic heterocycles. The second-order valence-electron chi connectivity index (χ2n) is 7.18. The number of piperazine rings is 1. The van der Waals surface area contributed by atoms with Crippen LogP contribution in [0.3, 0.4) is 0 Å². The van der Waals surface area contributed by atoms with Crippen molar-refractivity contribution in [2.75, 3.05) is 26.2 Å². The van der Waals surface area contributed by atoms with Gasteiger partial charge in [0.2, 0.25) is 5.78 Å². The van der Waals surface area contributed by atoms with E-state index >= 15 is 0 Å². The monoisotopic (exact) mass is 366 g/mol. The van der Waals surface area contributed by atoms with Gasteiger partial charge in [-0.1, -0.05) is 18.2 Å². The van der Waals surface area contributed by atoms with E-state index in [0.29, 0.717) is 18.8 Å². The van der Waals surface area contributed by atoms with E-state index in [9.17, 15) is 9.59 Å². The Morgan fingerprint density at radius 3 is 2.59 bits per heavy atom. The van der Waals surface area contributed by atoms with E-state index in [1.54, 1.807) is 17.0 Å². The molecule has 6 nitrogen and oxygen atoms in total. The van der Waals surface area contributed by atoms with Crippen molar-refractivity contribution in [3.05, 3.63) is 59.7 Å². The molecule has 1 fully saturated rings. The molecule has 27 heavy (non-hydrogen) atoms. The minimum Gasteiger partial charge on any atom is -0.459 e. The predicted octanol–water partition coefficient (Wildman–Crippen LogP) is 1.68. The van der Waals surface area contributed by atoms with Gasteiger partial charge in [0, 0.05) is 16.6 Å². The maximum Gasteiger partial charge on any atom is 0.289 e. The van der Waals surface area contributed by atoms with Crippen LogP contribution in [0.1, 0.15) is 33.5 Å². The lowest BCUT2D eigenvalue weighted by atomic mass is 10.0. The van der Waals surface area contributed by atoms with E-state index in [2.05, 4.69) is 4.98 Å². The molecule has 6 heteroatoms. The first-order valence-electron chi connectivity index (χ1n) is 9.35. The first-order valence-corrected chi connectivity index (χ1v) is 9.35. The van der Waals surface area contributed by atoms with Crippen molar-refractivity contribution in [3.8, 4) is 0 Å². The lowest BCUT2D eigenvalue weighted by molar-refractivity contribution is -0.917. The molecule has 1 atom stereocenters. The molecule has 0 spiro atoms. The molecule has 0 saturated carbocycles. The smallest absolute Gasteiger partial charge is 0.289 e. The molecule has 1 aliphatic rings. The largest absolute Gasteiger partial charge is 0.459 e. The van der Waals surface area contributed by atoms with Crippen molar-refractivity contribution < 1.29 is 18.9 Å². The standard InChI is InChI=1S/C21H23N3O3/c1-14-19(16-6-3-4-7-17(16)22-14)20(25)15(2)23-9-11-24(12-10-23)21(26)18-8-5-13-27-18/h3-8,13,15,22H,9-12H2,1-2H3/p+1/t15-/m1/s1. The number of H-pyrrole nitrogens is 1. The summed E-state index contributed by atoms with van der Waals surface area (Å²) in [6.45, 7) is 6.69. The van der Waals surface area contributed by atoms with Crippen molar-refractivity contribution in [1.29, 1.82) is 0 Å². The Bertz CT molecular complexity index is 966. The molecule has 3 aromatic rings. The molecule has 2 N–H and O–H groups in total. The van der Waals surface area contributed by atoms with Gasteiger partial charge in [0.05, 0.1) is 38.0 Å². The van der Waals surface area contributed by atoms with Crippen LogP contribution in [-0.4, -0.2) is 53.8 Å². The van der Waals surface area contributed by atoms with Gasteiger partial charge < -0.3 is 19.2 Å². The molecule has 2 aromatic heterocycles. The van der Waals surface area contributed by atoms with Gasteiger partial charge in [-0.3, -0.25) is 9.59 Å². The molecule has 140 valence electrons. The lowest BCUT2D eigenvalue weighted by Crippen LogP contribution is -3.18. The predicted molar refractivity (Wildman–Crippen MR) is 102 cm³/mol. The van der Waals surface area contributed by atoms with Gasteiger partial charge in [0.25, 0.3) is 5.91 Å². The third kappa shape index (κ3) is 3.17. The van der Waals surface area contributed by atoms with Crippen LogP contribution in [0, 0.1) is 6.92 Å². The van der Waals surface area contributed by atoms with Gasteiger partial charge in [-0.2, -0.15) is 0 Å². The topological polar surface area (TPSA) is 70.8 Å². The number of hydrogen-bond acceptors (Lipinski definition) is 3. The van der Waals surface area contributed by atoms with Crippen LogP contribution < -0.4 is 4.90 Å². The highest BCUT2D eigenvalue weighted by Gasteiger charge is 2.33. The number of hydrogen-bond donors (Lipinski definition) is 2. The summed E-state index contributed by atoms with van der Waals surface area (Å²) in [6, 6.07) is 11.2. The summed E-state index contributed by atoms with van der Waals surface area (Å²) >= 11 is 0. The number of nitrogens with one attached hydrogen (secondary N) is 2. The van der Waals surface area contributed by atoms with E-state index in [1.807, 2.05) is 38.1 Å². The molecule has 1 saturated heterocycles. The van der Waals surface area contributed by atoms with Crippen molar-refractivity contribution in [2.24, 2.45) is 0 Å².